The monoisotopic (exact) mass is 374 g/mol. The Hall–Kier alpha value is -1.86. The summed E-state index contributed by atoms with van der Waals surface area (Å²) in [5, 5.41) is 12.4. The van der Waals surface area contributed by atoms with E-state index in [4.69, 9.17) is 0 Å². The molecule has 1 saturated carbocycles. The molecule has 2 aromatic rings. The van der Waals surface area contributed by atoms with Gasteiger partial charge < -0.3 is 10.4 Å². The zero-order valence-corrected chi connectivity index (χ0v) is 15.3. The number of anilines is 1. The number of aliphatic carboxylic acids is 1. The molecule has 0 aliphatic heterocycles. The number of carboxylic acids is 1. The van der Waals surface area contributed by atoms with Gasteiger partial charge in [-0.2, -0.15) is 0 Å². The van der Waals surface area contributed by atoms with Crippen molar-refractivity contribution < 1.29 is 14.7 Å². The predicted octanol–water partition coefficient (Wildman–Crippen LogP) is 3.87. The van der Waals surface area contributed by atoms with E-state index in [0.717, 1.165) is 26.7 Å². The number of carbonyl (C=O) groups is 2. The fourth-order valence-corrected chi connectivity index (χ4v) is 5.91. The Labute approximate surface area is 153 Å². The molecule has 2 N–H and O–H groups in total. The lowest BCUT2D eigenvalue weighted by Crippen LogP contribution is -2.36. The molecule has 2 aliphatic carbocycles. The van der Waals surface area contributed by atoms with Crippen molar-refractivity contribution in [3.63, 3.8) is 0 Å². The van der Waals surface area contributed by atoms with Gasteiger partial charge >= 0.3 is 5.97 Å². The van der Waals surface area contributed by atoms with E-state index in [1.54, 1.807) is 23.1 Å². The third-order valence-corrected chi connectivity index (χ3v) is 6.99. The zero-order valence-electron chi connectivity index (χ0n) is 13.6. The molecule has 4 rings (SSSR count). The molecule has 7 heteroatoms. The molecule has 0 radical (unpaired) electrons. The first-order valence-electron chi connectivity index (χ1n) is 8.32. The molecule has 1 heterocycles. The summed E-state index contributed by atoms with van der Waals surface area (Å²) in [7, 11) is 0. The van der Waals surface area contributed by atoms with Crippen LogP contribution in [-0.2, 0) is 9.59 Å². The van der Waals surface area contributed by atoms with E-state index < -0.39 is 17.8 Å². The molecule has 1 aromatic carbocycles. The minimum absolute atomic E-state index is 0.0177. The summed E-state index contributed by atoms with van der Waals surface area (Å²) in [5.74, 6) is -1.20. The first-order chi connectivity index (χ1) is 12.1. The normalized spacial score (nSPS) is 27.1. The van der Waals surface area contributed by atoms with Gasteiger partial charge in [0.25, 0.3) is 0 Å². The number of aromatic nitrogens is 1. The van der Waals surface area contributed by atoms with Crippen molar-refractivity contribution in [2.24, 2.45) is 23.7 Å². The minimum Gasteiger partial charge on any atom is -0.481 e. The average Bonchev–Trinajstić information content (AvgIpc) is 3.27. The van der Waals surface area contributed by atoms with E-state index in [2.05, 4.69) is 17.2 Å². The molecule has 25 heavy (non-hydrogen) atoms. The second kappa shape index (κ2) is 6.46. The maximum atomic E-state index is 12.7. The standard InChI is InChI=1S/C18H18N2O3S2/c1-2-24-18-20-12-6-5-11(8-13(12)25-18)19-16(21)14-9-3-4-10(7-9)15(14)17(22)23/h3-6,8-10,14-15H,2,7H2,1H3,(H,19,21)(H,22,23)/t9-,10-,14+,15-/m0/s1. The minimum atomic E-state index is -0.879. The van der Waals surface area contributed by atoms with Crippen LogP contribution in [0.5, 0.6) is 0 Å². The molecule has 2 aliphatic rings. The topological polar surface area (TPSA) is 79.3 Å². The van der Waals surface area contributed by atoms with Crippen LogP contribution in [0, 0.1) is 23.7 Å². The molecule has 5 nitrogen and oxygen atoms in total. The number of amides is 1. The molecule has 0 spiro atoms. The average molecular weight is 374 g/mol. The van der Waals surface area contributed by atoms with Crippen LogP contribution < -0.4 is 5.32 Å². The second-order valence-electron chi connectivity index (χ2n) is 6.42. The van der Waals surface area contributed by atoms with Crippen LogP contribution in [0.4, 0.5) is 5.69 Å². The van der Waals surface area contributed by atoms with Crippen LogP contribution in [0.2, 0.25) is 0 Å². The highest BCUT2D eigenvalue weighted by molar-refractivity contribution is 8.01. The van der Waals surface area contributed by atoms with Crippen molar-refractivity contribution in [2.75, 3.05) is 11.1 Å². The van der Waals surface area contributed by atoms with Gasteiger partial charge in [-0.05, 0) is 42.2 Å². The number of benzene rings is 1. The van der Waals surface area contributed by atoms with Crippen molar-refractivity contribution in [1.82, 2.24) is 4.98 Å². The molecule has 4 atom stereocenters. The van der Waals surface area contributed by atoms with Crippen LogP contribution in [0.1, 0.15) is 13.3 Å². The lowest BCUT2D eigenvalue weighted by Gasteiger charge is -2.23. The SMILES string of the molecule is CCSc1nc2ccc(NC(=O)[C@H]3[C@@H](C(=O)O)[C@H]4C=C[C@H]3C4)cc2s1. The molecular weight excluding hydrogens is 356 g/mol. The number of allylic oxidation sites excluding steroid dienone is 2. The van der Waals surface area contributed by atoms with E-state index in [0.29, 0.717) is 5.69 Å². The summed E-state index contributed by atoms with van der Waals surface area (Å²) in [5.41, 5.74) is 1.62. The summed E-state index contributed by atoms with van der Waals surface area (Å²) in [6.45, 7) is 2.09. The Kier molecular flexibility index (Phi) is 4.29. The first-order valence-corrected chi connectivity index (χ1v) is 10.1. The van der Waals surface area contributed by atoms with Crippen LogP contribution in [0.15, 0.2) is 34.7 Å². The number of hydrogen-bond donors (Lipinski definition) is 2. The van der Waals surface area contributed by atoms with Gasteiger partial charge in [-0.25, -0.2) is 4.98 Å². The Bertz CT molecular complexity index is 876. The van der Waals surface area contributed by atoms with Crippen LogP contribution in [0.25, 0.3) is 10.2 Å². The Morgan fingerprint density at radius 3 is 2.80 bits per heavy atom. The smallest absolute Gasteiger partial charge is 0.307 e. The number of carbonyl (C=O) groups excluding carboxylic acids is 1. The molecule has 130 valence electrons. The Balaban J connectivity index is 1.55. The number of thioether (sulfide) groups is 1. The number of nitrogens with one attached hydrogen (secondary N) is 1. The number of carboxylic acid groups (broad SMARTS) is 1. The van der Waals surface area contributed by atoms with Crippen molar-refractivity contribution in [3.8, 4) is 0 Å². The van der Waals surface area contributed by atoms with Gasteiger partial charge in [0.2, 0.25) is 5.91 Å². The third kappa shape index (κ3) is 2.95. The van der Waals surface area contributed by atoms with E-state index in [-0.39, 0.29) is 17.7 Å². The Morgan fingerprint density at radius 2 is 2.08 bits per heavy atom. The number of thiazole rings is 1. The summed E-state index contributed by atoms with van der Waals surface area (Å²) in [6, 6.07) is 5.65. The highest BCUT2D eigenvalue weighted by Crippen LogP contribution is 2.48. The van der Waals surface area contributed by atoms with Gasteiger partial charge in [0, 0.05) is 5.69 Å². The van der Waals surface area contributed by atoms with E-state index >= 15 is 0 Å². The molecule has 2 bridgehead atoms. The van der Waals surface area contributed by atoms with Gasteiger partial charge in [-0.15, -0.1) is 11.3 Å². The lowest BCUT2D eigenvalue weighted by molar-refractivity contribution is -0.146. The van der Waals surface area contributed by atoms with Gasteiger partial charge in [-0.3, -0.25) is 9.59 Å². The quantitative estimate of drug-likeness (QED) is 0.613. The predicted molar refractivity (Wildman–Crippen MR) is 100 cm³/mol. The maximum Gasteiger partial charge on any atom is 0.307 e. The fraction of sp³-hybridized carbons (Fsp3) is 0.389. The maximum absolute atomic E-state index is 12.7. The first kappa shape index (κ1) is 16.6. The van der Waals surface area contributed by atoms with Crippen molar-refractivity contribution >= 4 is 50.9 Å². The van der Waals surface area contributed by atoms with E-state index in [9.17, 15) is 14.7 Å². The number of hydrogen-bond acceptors (Lipinski definition) is 5. The Morgan fingerprint density at radius 1 is 1.32 bits per heavy atom. The van der Waals surface area contributed by atoms with Crippen LogP contribution in [0.3, 0.4) is 0 Å². The third-order valence-electron chi connectivity index (χ3n) is 4.95. The van der Waals surface area contributed by atoms with E-state index in [1.807, 2.05) is 30.4 Å². The second-order valence-corrected chi connectivity index (χ2v) is 8.96. The van der Waals surface area contributed by atoms with Gasteiger partial charge in [-0.1, -0.05) is 30.8 Å². The largest absolute Gasteiger partial charge is 0.481 e. The van der Waals surface area contributed by atoms with Crippen molar-refractivity contribution in [1.29, 1.82) is 0 Å². The van der Waals surface area contributed by atoms with Gasteiger partial charge in [0.05, 0.1) is 22.1 Å². The molecular formula is C18H18N2O3S2. The fourth-order valence-electron chi connectivity index (χ4n) is 3.91. The number of rotatable bonds is 5. The van der Waals surface area contributed by atoms with Gasteiger partial charge in [0.1, 0.15) is 0 Å². The molecule has 1 amide bonds. The highest BCUT2D eigenvalue weighted by Gasteiger charge is 2.51. The molecule has 0 unspecified atom stereocenters. The van der Waals surface area contributed by atoms with Crippen LogP contribution in [-0.4, -0.2) is 27.7 Å². The van der Waals surface area contributed by atoms with Crippen molar-refractivity contribution in [3.05, 3.63) is 30.4 Å². The summed E-state index contributed by atoms with van der Waals surface area (Å²) in [4.78, 5) is 28.9. The summed E-state index contributed by atoms with van der Waals surface area (Å²) < 4.78 is 2.04. The lowest BCUT2D eigenvalue weighted by atomic mass is 9.82. The zero-order chi connectivity index (χ0) is 17.6. The number of nitrogens with zero attached hydrogens (tertiary/aromatic N) is 1. The van der Waals surface area contributed by atoms with Crippen LogP contribution >= 0.6 is 23.1 Å². The highest BCUT2D eigenvalue weighted by atomic mass is 32.2. The summed E-state index contributed by atoms with van der Waals surface area (Å²) >= 11 is 3.31. The molecule has 1 aromatic heterocycles. The van der Waals surface area contributed by atoms with Crippen molar-refractivity contribution in [2.45, 2.75) is 17.7 Å². The van der Waals surface area contributed by atoms with Gasteiger partial charge in [0.15, 0.2) is 4.34 Å². The molecule has 1 fully saturated rings. The molecule has 0 saturated heterocycles. The number of fused-ring (bicyclic) bond motifs is 3. The van der Waals surface area contributed by atoms with E-state index in [1.165, 1.54) is 0 Å². The summed E-state index contributed by atoms with van der Waals surface area (Å²) in [6.07, 6.45) is 4.71.